The molecule has 0 atom stereocenters. The number of H-pyrrole nitrogens is 1. The summed E-state index contributed by atoms with van der Waals surface area (Å²) in [6, 6.07) is 3.37. The third-order valence-electron chi connectivity index (χ3n) is 1.48. The number of hydrogen-bond acceptors (Lipinski definition) is 3. The molecule has 0 aliphatic rings. The molecule has 14 heavy (non-hydrogen) atoms. The lowest BCUT2D eigenvalue weighted by molar-refractivity contribution is 0.226. The van der Waals surface area contributed by atoms with Crippen molar-refractivity contribution in [2.24, 2.45) is 4.99 Å². The predicted octanol–water partition coefficient (Wildman–Crippen LogP) is 1.85. The van der Waals surface area contributed by atoms with E-state index in [9.17, 15) is 4.79 Å². The van der Waals surface area contributed by atoms with Gasteiger partial charge in [-0.1, -0.05) is 0 Å². The fourth-order valence-corrected chi connectivity index (χ4v) is 1.04. The second-order valence-corrected chi connectivity index (χ2v) is 3.18. The first kappa shape index (κ1) is 10.5. The zero-order valence-electron chi connectivity index (χ0n) is 8.57. The normalized spacial score (nSPS) is 11.9. The van der Waals surface area contributed by atoms with Gasteiger partial charge in [-0.3, -0.25) is 4.79 Å². The first-order valence-electron chi connectivity index (χ1n) is 4.49. The maximum atomic E-state index is 11.2. The summed E-state index contributed by atoms with van der Waals surface area (Å²) in [5.41, 5.74) is 0.157. The van der Waals surface area contributed by atoms with Crippen molar-refractivity contribution in [3.05, 3.63) is 28.7 Å². The zero-order chi connectivity index (χ0) is 10.6. The van der Waals surface area contributed by atoms with Crippen LogP contribution < -0.4 is 5.56 Å². The molecule has 1 rings (SSSR count). The Hall–Kier alpha value is -1.58. The van der Waals surface area contributed by atoms with E-state index in [0.717, 1.165) is 0 Å². The van der Waals surface area contributed by atoms with Crippen LogP contribution in [-0.4, -0.2) is 17.0 Å². The molecule has 0 fully saturated rings. The molecule has 0 aliphatic carbocycles. The number of rotatable bonds is 2. The standard InChI is InChI=1S/C10H14N2O2/c1-7(2)14-8(3)12-9-5-4-6-11-10(9)13/h4-7H,1-3H3,(H,11,13). The molecule has 0 aliphatic heterocycles. The Morgan fingerprint density at radius 3 is 2.86 bits per heavy atom. The highest BCUT2D eigenvalue weighted by molar-refractivity contribution is 5.76. The highest BCUT2D eigenvalue weighted by atomic mass is 16.5. The van der Waals surface area contributed by atoms with E-state index in [1.54, 1.807) is 25.3 Å². The number of nitrogens with zero attached hydrogens (tertiary/aromatic N) is 1. The van der Waals surface area contributed by atoms with E-state index in [2.05, 4.69) is 9.98 Å². The summed E-state index contributed by atoms with van der Waals surface area (Å²) in [5.74, 6) is 0.497. The molecular weight excluding hydrogens is 180 g/mol. The average Bonchev–Trinajstić information content (AvgIpc) is 2.07. The Balaban J connectivity index is 2.87. The summed E-state index contributed by atoms with van der Waals surface area (Å²) in [6.07, 6.45) is 1.64. The summed E-state index contributed by atoms with van der Waals surface area (Å²) in [6.45, 7) is 5.55. The van der Waals surface area contributed by atoms with Gasteiger partial charge in [0.05, 0.1) is 6.10 Å². The van der Waals surface area contributed by atoms with E-state index in [0.29, 0.717) is 11.6 Å². The number of pyridine rings is 1. The lowest BCUT2D eigenvalue weighted by Gasteiger charge is -2.07. The van der Waals surface area contributed by atoms with E-state index in [4.69, 9.17) is 4.74 Å². The van der Waals surface area contributed by atoms with Gasteiger partial charge in [-0.2, -0.15) is 0 Å². The van der Waals surface area contributed by atoms with E-state index < -0.39 is 0 Å². The number of ether oxygens (including phenoxy) is 1. The van der Waals surface area contributed by atoms with Crippen molar-refractivity contribution < 1.29 is 4.74 Å². The Morgan fingerprint density at radius 1 is 1.57 bits per heavy atom. The molecule has 1 aromatic heterocycles. The fraction of sp³-hybridized carbons (Fsp3) is 0.400. The topological polar surface area (TPSA) is 54.5 Å². The lowest BCUT2D eigenvalue weighted by atomic mass is 10.4. The van der Waals surface area contributed by atoms with Gasteiger partial charge in [0.25, 0.3) is 5.56 Å². The monoisotopic (exact) mass is 194 g/mol. The quantitative estimate of drug-likeness (QED) is 0.577. The minimum atomic E-state index is -0.209. The van der Waals surface area contributed by atoms with Gasteiger partial charge in [0.2, 0.25) is 0 Å². The summed E-state index contributed by atoms with van der Waals surface area (Å²) < 4.78 is 5.31. The maximum Gasteiger partial charge on any atom is 0.273 e. The van der Waals surface area contributed by atoms with E-state index in [1.807, 2.05) is 13.8 Å². The van der Waals surface area contributed by atoms with Gasteiger partial charge >= 0.3 is 0 Å². The minimum absolute atomic E-state index is 0.0709. The van der Waals surface area contributed by atoms with Gasteiger partial charge in [-0.05, 0) is 26.0 Å². The first-order chi connectivity index (χ1) is 6.59. The van der Waals surface area contributed by atoms with E-state index in [-0.39, 0.29) is 11.7 Å². The molecular formula is C10H14N2O2. The molecule has 1 aromatic rings. The number of aromatic nitrogens is 1. The van der Waals surface area contributed by atoms with Crippen LogP contribution in [0.25, 0.3) is 0 Å². The van der Waals surface area contributed by atoms with Crippen molar-refractivity contribution in [1.82, 2.24) is 4.98 Å². The van der Waals surface area contributed by atoms with Gasteiger partial charge < -0.3 is 9.72 Å². The average molecular weight is 194 g/mol. The maximum absolute atomic E-state index is 11.2. The molecule has 0 amide bonds. The fourth-order valence-electron chi connectivity index (χ4n) is 1.04. The molecule has 0 aromatic carbocycles. The van der Waals surface area contributed by atoms with Crippen molar-refractivity contribution in [3.8, 4) is 0 Å². The molecule has 0 radical (unpaired) electrons. The van der Waals surface area contributed by atoms with Gasteiger partial charge in [-0.25, -0.2) is 4.99 Å². The molecule has 0 saturated carbocycles. The molecule has 0 spiro atoms. The van der Waals surface area contributed by atoms with Crippen LogP contribution in [0.1, 0.15) is 20.8 Å². The van der Waals surface area contributed by atoms with Crippen LogP contribution in [0.2, 0.25) is 0 Å². The van der Waals surface area contributed by atoms with E-state index >= 15 is 0 Å². The molecule has 0 saturated heterocycles. The van der Waals surface area contributed by atoms with Crippen LogP contribution in [0.4, 0.5) is 5.69 Å². The summed E-state index contributed by atoms with van der Waals surface area (Å²) in [7, 11) is 0. The highest BCUT2D eigenvalue weighted by Crippen LogP contribution is 2.03. The van der Waals surface area contributed by atoms with Crippen LogP contribution in [0, 0.1) is 0 Å². The van der Waals surface area contributed by atoms with Crippen LogP contribution in [0.5, 0.6) is 0 Å². The van der Waals surface area contributed by atoms with Gasteiger partial charge in [0.1, 0.15) is 5.69 Å². The molecule has 1 N–H and O–H groups in total. The Labute approximate surface area is 82.6 Å². The van der Waals surface area contributed by atoms with Crippen molar-refractivity contribution in [2.45, 2.75) is 26.9 Å². The van der Waals surface area contributed by atoms with Crippen molar-refractivity contribution in [1.29, 1.82) is 0 Å². The summed E-state index contributed by atoms with van der Waals surface area (Å²) in [4.78, 5) is 17.8. The van der Waals surface area contributed by atoms with Crippen molar-refractivity contribution in [2.75, 3.05) is 0 Å². The highest BCUT2D eigenvalue weighted by Gasteiger charge is 1.99. The van der Waals surface area contributed by atoms with Crippen LogP contribution in [0.15, 0.2) is 28.1 Å². The first-order valence-corrected chi connectivity index (χ1v) is 4.49. The molecule has 0 unspecified atom stereocenters. The molecule has 4 nitrogen and oxygen atoms in total. The number of hydrogen-bond donors (Lipinski definition) is 1. The van der Waals surface area contributed by atoms with Gasteiger partial charge in [-0.15, -0.1) is 0 Å². The SMILES string of the molecule is CC(=Nc1ccc[nH]c1=O)OC(C)C. The van der Waals surface area contributed by atoms with Crippen LogP contribution >= 0.6 is 0 Å². The molecule has 76 valence electrons. The van der Waals surface area contributed by atoms with Crippen LogP contribution in [-0.2, 0) is 4.74 Å². The zero-order valence-corrected chi connectivity index (χ0v) is 8.57. The van der Waals surface area contributed by atoms with Crippen molar-refractivity contribution in [3.63, 3.8) is 0 Å². The van der Waals surface area contributed by atoms with Gasteiger partial charge in [0, 0.05) is 13.1 Å². The number of nitrogens with one attached hydrogen (secondary N) is 1. The third kappa shape index (κ3) is 3.05. The lowest BCUT2D eigenvalue weighted by Crippen LogP contribution is -2.09. The summed E-state index contributed by atoms with van der Waals surface area (Å²) in [5, 5.41) is 0. The number of aliphatic imine (C=N–C) groups is 1. The minimum Gasteiger partial charge on any atom is -0.478 e. The predicted molar refractivity (Wildman–Crippen MR) is 56.1 cm³/mol. The second-order valence-electron chi connectivity index (χ2n) is 3.18. The second kappa shape index (κ2) is 4.60. The van der Waals surface area contributed by atoms with Crippen LogP contribution in [0.3, 0.4) is 0 Å². The Morgan fingerprint density at radius 2 is 2.29 bits per heavy atom. The smallest absolute Gasteiger partial charge is 0.273 e. The summed E-state index contributed by atoms with van der Waals surface area (Å²) >= 11 is 0. The molecule has 1 heterocycles. The van der Waals surface area contributed by atoms with Gasteiger partial charge in [0.15, 0.2) is 5.90 Å². The van der Waals surface area contributed by atoms with Crippen molar-refractivity contribution >= 4 is 11.6 Å². The Bertz CT molecular complexity index is 380. The third-order valence-corrected chi connectivity index (χ3v) is 1.48. The van der Waals surface area contributed by atoms with E-state index in [1.165, 1.54) is 0 Å². The molecule has 0 bridgehead atoms. The Kier molecular flexibility index (Phi) is 3.45. The molecule has 4 heteroatoms. The number of aromatic amines is 1. The largest absolute Gasteiger partial charge is 0.478 e.